The molecule has 0 heterocycles. The van der Waals surface area contributed by atoms with E-state index in [0.717, 1.165) is 0 Å². The summed E-state index contributed by atoms with van der Waals surface area (Å²) >= 11 is 0. The van der Waals surface area contributed by atoms with E-state index in [1.807, 2.05) is 0 Å². The maximum absolute atomic E-state index is 10.5. The van der Waals surface area contributed by atoms with Gasteiger partial charge in [0, 0.05) is 6.07 Å². The van der Waals surface area contributed by atoms with E-state index >= 15 is 0 Å². The molecule has 0 saturated heterocycles. The van der Waals surface area contributed by atoms with Gasteiger partial charge in [0.05, 0.1) is 17.1 Å². The Balaban J connectivity index is 3.15. The molecule has 0 amide bonds. The van der Waals surface area contributed by atoms with E-state index in [-0.39, 0.29) is 23.6 Å². The molecular formula is C9H9NO4. The Morgan fingerprint density at radius 2 is 2.21 bits per heavy atom. The predicted molar refractivity (Wildman–Crippen MR) is 50.9 cm³/mol. The number of aromatic hydroxyl groups is 1. The Hall–Kier alpha value is -1.88. The van der Waals surface area contributed by atoms with E-state index in [2.05, 4.69) is 0 Å². The zero-order valence-corrected chi connectivity index (χ0v) is 7.25. The number of hydrogen-bond acceptors (Lipinski definition) is 4. The first-order valence-electron chi connectivity index (χ1n) is 3.90. The third-order valence-electron chi connectivity index (χ3n) is 1.61. The summed E-state index contributed by atoms with van der Waals surface area (Å²) < 4.78 is 0. The summed E-state index contributed by atoms with van der Waals surface area (Å²) in [5, 5.41) is 28.1. The van der Waals surface area contributed by atoms with Crippen LogP contribution in [0.2, 0.25) is 0 Å². The molecule has 5 heteroatoms. The summed E-state index contributed by atoms with van der Waals surface area (Å²) in [4.78, 5) is 9.98. The van der Waals surface area contributed by atoms with Gasteiger partial charge in [0.1, 0.15) is 5.75 Å². The second kappa shape index (κ2) is 4.38. The minimum Gasteiger partial charge on any atom is -0.508 e. The standard InChI is InChI=1S/C9H9NO4/c11-5-1-2-7-6-8(12)3-4-9(7)10(13)14/h1-4,6,11-12H,5H2/b2-1+. The van der Waals surface area contributed by atoms with Crippen LogP contribution in [0.1, 0.15) is 5.56 Å². The largest absolute Gasteiger partial charge is 0.508 e. The van der Waals surface area contributed by atoms with Crippen molar-refractivity contribution < 1.29 is 15.1 Å². The van der Waals surface area contributed by atoms with Gasteiger partial charge in [-0.3, -0.25) is 10.1 Å². The molecule has 1 aromatic carbocycles. The Morgan fingerprint density at radius 1 is 1.50 bits per heavy atom. The molecule has 0 bridgehead atoms. The van der Waals surface area contributed by atoms with Gasteiger partial charge in [-0.05, 0) is 18.2 Å². The van der Waals surface area contributed by atoms with Gasteiger partial charge in [-0.2, -0.15) is 0 Å². The normalized spacial score (nSPS) is 10.6. The van der Waals surface area contributed by atoms with E-state index in [4.69, 9.17) is 10.2 Å². The van der Waals surface area contributed by atoms with E-state index in [9.17, 15) is 10.1 Å². The SMILES string of the molecule is O=[N+]([O-])c1ccc(O)cc1/C=C/CO. The van der Waals surface area contributed by atoms with Crippen LogP contribution in [0.25, 0.3) is 6.08 Å². The summed E-state index contributed by atoms with van der Waals surface area (Å²) in [7, 11) is 0. The number of benzene rings is 1. The van der Waals surface area contributed by atoms with Gasteiger partial charge in [0.25, 0.3) is 5.69 Å². The monoisotopic (exact) mass is 195 g/mol. The number of phenolic OH excluding ortho intramolecular Hbond substituents is 1. The fourth-order valence-corrected chi connectivity index (χ4v) is 1.02. The van der Waals surface area contributed by atoms with Crippen LogP contribution in [0.4, 0.5) is 5.69 Å². The molecule has 0 aliphatic rings. The Labute approximate surface area is 80.1 Å². The minimum absolute atomic E-state index is 0.0480. The van der Waals surface area contributed by atoms with Crippen molar-refractivity contribution in [2.45, 2.75) is 0 Å². The molecule has 0 fully saturated rings. The average molecular weight is 195 g/mol. The van der Waals surface area contributed by atoms with Crippen molar-refractivity contribution in [2.24, 2.45) is 0 Å². The number of nitro groups is 1. The van der Waals surface area contributed by atoms with Crippen molar-refractivity contribution in [1.29, 1.82) is 0 Å². The van der Waals surface area contributed by atoms with Crippen molar-refractivity contribution in [2.75, 3.05) is 6.61 Å². The van der Waals surface area contributed by atoms with E-state index in [1.165, 1.54) is 30.4 Å². The molecule has 2 N–H and O–H groups in total. The molecule has 0 atom stereocenters. The molecule has 5 nitrogen and oxygen atoms in total. The molecule has 0 aliphatic heterocycles. The number of phenols is 1. The fraction of sp³-hybridized carbons (Fsp3) is 0.111. The quantitative estimate of drug-likeness (QED) is 0.562. The second-order valence-electron chi connectivity index (χ2n) is 2.59. The van der Waals surface area contributed by atoms with Gasteiger partial charge in [-0.1, -0.05) is 6.08 Å². The van der Waals surface area contributed by atoms with Gasteiger partial charge in [0.15, 0.2) is 0 Å². The molecule has 0 aliphatic carbocycles. The smallest absolute Gasteiger partial charge is 0.276 e. The highest BCUT2D eigenvalue weighted by atomic mass is 16.6. The molecule has 0 unspecified atom stereocenters. The molecule has 0 saturated carbocycles. The number of aliphatic hydroxyl groups is 1. The lowest BCUT2D eigenvalue weighted by Gasteiger charge is -1.97. The Morgan fingerprint density at radius 3 is 2.79 bits per heavy atom. The number of aliphatic hydroxyl groups excluding tert-OH is 1. The Kier molecular flexibility index (Phi) is 3.19. The van der Waals surface area contributed by atoms with Crippen molar-refractivity contribution in [1.82, 2.24) is 0 Å². The first-order chi connectivity index (χ1) is 6.65. The van der Waals surface area contributed by atoms with Gasteiger partial charge in [-0.25, -0.2) is 0 Å². The highest BCUT2D eigenvalue weighted by Crippen LogP contribution is 2.24. The lowest BCUT2D eigenvalue weighted by Crippen LogP contribution is -1.91. The lowest BCUT2D eigenvalue weighted by molar-refractivity contribution is -0.385. The predicted octanol–water partition coefficient (Wildman–Crippen LogP) is 1.31. The summed E-state index contributed by atoms with van der Waals surface area (Å²) in [5.41, 5.74) is 0.163. The molecule has 1 aromatic rings. The maximum atomic E-state index is 10.5. The first kappa shape index (κ1) is 10.2. The highest BCUT2D eigenvalue weighted by molar-refractivity contribution is 5.62. The molecule has 0 spiro atoms. The summed E-state index contributed by atoms with van der Waals surface area (Å²) in [6.45, 7) is -0.202. The van der Waals surface area contributed by atoms with Crippen LogP contribution in [-0.2, 0) is 0 Å². The zero-order chi connectivity index (χ0) is 10.6. The molecule has 0 aromatic heterocycles. The number of rotatable bonds is 3. The van der Waals surface area contributed by atoms with E-state index in [1.54, 1.807) is 0 Å². The van der Waals surface area contributed by atoms with Gasteiger partial charge in [-0.15, -0.1) is 0 Å². The van der Waals surface area contributed by atoms with Crippen molar-refractivity contribution in [3.05, 3.63) is 40.0 Å². The molecular weight excluding hydrogens is 186 g/mol. The summed E-state index contributed by atoms with van der Waals surface area (Å²) in [6, 6.07) is 3.73. The number of nitro benzene ring substituents is 1. The zero-order valence-electron chi connectivity index (χ0n) is 7.25. The van der Waals surface area contributed by atoms with E-state index < -0.39 is 4.92 Å². The van der Waals surface area contributed by atoms with Crippen molar-refractivity contribution >= 4 is 11.8 Å². The van der Waals surface area contributed by atoms with Gasteiger partial charge in [0.2, 0.25) is 0 Å². The molecule has 0 radical (unpaired) electrons. The third-order valence-corrected chi connectivity index (χ3v) is 1.61. The van der Waals surface area contributed by atoms with Crippen LogP contribution in [0.15, 0.2) is 24.3 Å². The van der Waals surface area contributed by atoms with Gasteiger partial charge < -0.3 is 10.2 Å². The van der Waals surface area contributed by atoms with Crippen molar-refractivity contribution in [3.8, 4) is 5.75 Å². The number of nitrogens with zero attached hydrogens (tertiary/aromatic N) is 1. The fourth-order valence-electron chi connectivity index (χ4n) is 1.02. The van der Waals surface area contributed by atoms with E-state index in [0.29, 0.717) is 0 Å². The van der Waals surface area contributed by atoms with Crippen LogP contribution in [-0.4, -0.2) is 21.7 Å². The summed E-state index contributed by atoms with van der Waals surface area (Å²) in [5.74, 6) is -0.0480. The number of hydrogen-bond donors (Lipinski definition) is 2. The van der Waals surface area contributed by atoms with Crippen LogP contribution in [0.3, 0.4) is 0 Å². The van der Waals surface area contributed by atoms with Crippen molar-refractivity contribution in [3.63, 3.8) is 0 Å². The molecule has 14 heavy (non-hydrogen) atoms. The average Bonchev–Trinajstić information content (AvgIpc) is 2.14. The van der Waals surface area contributed by atoms with Crippen LogP contribution in [0.5, 0.6) is 5.75 Å². The van der Waals surface area contributed by atoms with Crippen LogP contribution < -0.4 is 0 Å². The molecule has 1 rings (SSSR count). The summed E-state index contributed by atoms with van der Waals surface area (Å²) in [6.07, 6.45) is 2.75. The minimum atomic E-state index is -0.545. The van der Waals surface area contributed by atoms with Crippen LogP contribution in [0, 0.1) is 10.1 Å². The topological polar surface area (TPSA) is 83.6 Å². The maximum Gasteiger partial charge on any atom is 0.276 e. The third kappa shape index (κ3) is 2.30. The van der Waals surface area contributed by atoms with Gasteiger partial charge >= 0.3 is 0 Å². The van der Waals surface area contributed by atoms with Crippen LogP contribution >= 0.6 is 0 Å². The molecule has 74 valence electrons. The second-order valence-corrected chi connectivity index (χ2v) is 2.59. The Bertz CT molecular complexity index is 373. The highest BCUT2D eigenvalue weighted by Gasteiger charge is 2.10. The lowest BCUT2D eigenvalue weighted by atomic mass is 10.1. The first-order valence-corrected chi connectivity index (χ1v) is 3.90.